The van der Waals surface area contributed by atoms with Crippen molar-refractivity contribution in [2.75, 3.05) is 13.7 Å². The van der Waals surface area contributed by atoms with Gasteiger partial charge in [0.15, 0.2) is 6.10 Å². The topological polar surface area (TPSA) is 93.7 Å². The number of benzene rings is 1. The summed E-state index contributed by atoms with van der Waals surface area (Å²) in [6.45, 7) is 3.43. The van der Waals surface area contributed by atoms with Gasteiger partial charge in [-0.15, -0.1) is 0 Å². The number of urea groups is 1. The van der Waals surface area contributed by atoms with Gasteiger partial charge in [0.1, 0.15) is 11.3 Å². The van der Waals surface area contributed by atoms with Crippen LogP contribution >= 0.6 is 11.6 Å². The molecular weight excluding hydrogens is 312 g/mol. The van der Waals surface area contributed by atoms with Crippen molar-refractivity contribution in [3.8, 4) is 5.75 Å². The van der Waals surface area contributed by atoms with E-state index in [2.05, 4.69) is 10.6 Å². The fourth-order valence-electron chi connectivity index (χ4n) is 1.54. The Labute approximate surface area is 132 Å². The highest BCUT2D eigenvalue weighted by atomic mass is 35.5. The highest BCUT2D eigenvalue weighted by molar-refractivity contribution is 6.31. The van der Waals surface area contributed by atoms with Crippen LogP contribution in [0.1, 0.15) is 24.2 Å². The molecule has 2 N–H and O–H groups in total. The maximum atomic E-state index is 12.1. The van der Waals surface area contributed by atoms with Crippen molar-refractivity contribution in [2.24, 2.45) is 0 Å². The first kappa shape index (κ1) is 17.8. The molecule has 0 saturated heterocycles. The number of halogens is 1. The van der Waals surface area contributed by atoms with E-state index < -0.39 is 24.0 Å². The molecule has 1 rings (SSSR count). The van der Waals surface area contributed by atoms with E-state index in [1.165, 1.54) is 26.2 Å². The normalized spacial score (nSPS) is 11.3. The number of carbonyl (C=O) groups is 3. The number of ether oxygens (including phenoxy) is 2. The molecule has 0 aliphatic heterocycles. The van der Waals surface area contributed by atoms with Crippen molar-refractivity contribution in [1.29, 1.82) is 0 Å². The van der Waals surface area contributed by atoms with Crippen molar-refractivity contribution in [3.05, 3.63) is 28.8 Å². The molecule has 8 heteroatoms. The average molecular weight is 329 g/mol. The lowest BCUT2D eigenvalue weighted by Crippen LogP contribution is -2.44. The number of imide groups is 1. The molecule has 22 heavy (non-hydrogen) atoms. The molecule has 0 spiro atoms. The predicted molar refractivity (Wildman–Crippen MR) is 80.1 cm³/mol. The van der Waals surface area contributed by atoms with Crippen LogP contribution in [-0.2, 0) is 9.53 Å². The van der Waals surface area contributed by atoms with Gasteiger partial charge in [-0.2, -0.15) is 0 Å². The quantitative estimate of drug-likeness (QED) is 0.803. The highest BCUT2D eigenvalue weighted by Gasteiger charge is 2.22. The molecule has 0 aliphatic carbocycles. The molecule has 1 atom stereocenters. The van der Waals surface area contributed by atoms with Gasteiger partial charge in [-0.3, -0.25) is 10.1 Å². The summed E-state index contributed by atoms with van der Waals surface area (Å²) in [6.07, 6.45) is -1.15. The summed E-state index contributed by atoms with van der Waals surface area (Å²) in [7, 11) is 1.39. The van der Waals surface area contributed by atoms with Gasteiger partial charge >= 0.3 is 12.0 Å². The number of carbonyl (C=O) groups excluding carboxylic acids is 3. The third-order valence-corrected chi connectivity index (χ3v) is 2.84. The zero-order chi connectivity index (χ0) is 16.7. The summed E-state index contributed by atoms with van der Waals surface area (Å²) >= 11 is 5.83. The molecule has 120 valence electrons. The number of hydrogen-bond donors (Lipinski definition) is 2. The standard InChI is InChI=1S/C14H17ClN2O5/c1-4-16-14(20)17-12(18)8(2)22-13(19)10-7-9(15)5-6-11(10)21-3/h5-8H,4H2,1-3H3,(H2,16,17,18,20). The molecular formula is C14H17ClN2O5. The van der Waals surface area contributed by atoms with Gasteiger partial charge in [-0.25, -0.2) is 9.59 Å². The minimum absolute atomic E-state index is 0.0904. The van der Waals surface area contributed by atoms with Gasteiger partial charge in [-0.1, -0.05) is 11.6 Å². The van der Waals surface area contributed by atoms with Gasteiger partial charge < -0.3 is 14.8 Å². The average Bonchev–Trinajstić information content (AvgIpc) is 2.47. The van der Waals surface area contributed by atoms with Crippen LogP contribution in [0.15, 0.2) is 18.2 Å². The van der Waals surface area contributed by atoms with E-state index in [1.54, 1.807) is 13.0 Å². The van der Waals surface area contributed by atoms with Crippen LogP contribution in [0.2, 0.25) is 5.02 Å². The van der Waals surface area contributed by atoms with Gasteiger partial charge in [0.25, 0.3) is 5.91 Å². The summed E-state index contributed by atoms with van der Waals surface area (Å²) in [5.74, 6) is -1.25. The predicted octanol–water partition coefficient (Wildman–Crippen LogP) is 1.74. The number of nitrogens with one attached hydrogen (secondary N) is 2. The molecule has 0 radical (unpaired) electrons. The largest absolute Gasteiger partial charge is 0.496 e. The van der Waals surface area contributed by atoms with Gasteiger partial charge in [0.05, 0.1) is 7.11 Å². The molecule has 0 bridgehead atoms. The Balaban J connectivity index is 2.73. The number of hydrogen-bond acceptors (Lipinski definition) is 5. The van der Waals surface area contributed by atoms with Crippen LogP contribution in [0.3, 0.4) is 0 Å². The second-order valence-corrected chi connectivity index (χ2v) is 4.68. The Hall–Kier alpha value is -2.28. The van der Waals surface area contributed by atoms with E-state index in [4.69, 9.17) is 21.1 Å². The summed E-state index contributed by atoms with van der Waals surface area (Å²) < 4.78 is 10.0. The van der Waals surface area contributed by atoms with E-state index in [1.807, 2.05) is 0 Å². The Kier molecular flexibility index (Phi) is 6.65. The minimum atomic E-state index is -1.15. The molecule has 1 aromatic rings. The molecule has 0 fully saturated rings. The summed E-state index contributed by atoms with van der Waals surface area (Å²) in [5, 5.41) is 4.77. The third-order valence-electron chi connectivity index (χ3n) is 2.61. The van der Waals surface area contributed by atoms with E-state index >= 15 is 0 Å². The number of methoxy groups -OCH3 is 1. The van der Waals surface area contributed by atoms with Crippen molar-refractivity contribution in [3.63, 3.8) is 0 Å². The molecule has 1 aromatic carbocycles. The first-order valence-electron chi connectivity index (χ1n) is 6.52. The van der Waals surface area contributed by atoms with Gasteiger partial charge in [0, 0.05) is 11.6 Å². The number of amides is 3. The second-order valence-electron chi connectivity index (χ2n) is 4.24. The molecule has 0 heterocycles. The summed E-state index contributed by atoms with van der Waals surface area (Å²) in [6, 6.07) is 3.79. The number of rotatable bonds is 5. The van der Waals surface area contributed by atoms with Gasteiger partial charge in [0.2, 0.25) is 0 Å². The molecule has 3 amide bonds. The second kappa shape index (κ2) is 8.23. The first-order valence-corrected chi connectivity index (χ1v) is 6.90. The lowest BCUT2D eigenvalue weighted by Gasteiger charge is -2.14. The smallest absolute Gasteiger partial charge is 0.342 e. The van der Waals surface area contributed by atoms with Crippen LogP contribution in [-0.4, -0.2) is 37.7 Å². The molecule has 7 nitrogen and oxygen atoms in total. The van der Waals surface area contributed by atoms with Crippen molar-refractivity contribution in [1.82, 2.24) is 10.6 Å². The first-order chi connectivity index (χ1) is 10.4. The van der Waals surface area contributed by atoms with Crippen molar-refractivity contribution < 1.29 is 23.9 Å². The van der Waals surface area contributed by atoms with E-state index in [-0.39, 0.29) is 11.3 Å². The minimum Gasteiger partial charge on any atom is -0.496 e. The maximum Gasteiger partial charge on any atom is 0.342 e. The molecule has 1 unspecified atom stereocenters. The van der Waals surface area contributed by atoms with Crippen molar-refractivity contribution >= 4 is 29.5 Å². The van der Waals surface area contributed by atoms with E-state index in [0.717, 1.165) is 0 Å². The summed E-state index contributed by atoms with van der Waals surface area (Å²) in [5.41, 5.74) is 0.0904. The Morgan fingerprint density at radius 3 is 2.59 bits per heavy atom. The van der Waals surface area contributed by atoms with Crippen LogP contribution in [0, 0.1) is 0 Å². The Morgan fingerprint density at radius 1 is 1.32 bits per heavy atom. The molecule has 0 saturated carbocycles. The van der Waals surface area contributed by atoms with Crippen LogP contribution < -0.4 is 15.4 Å². The third kappa shape index (κ3) is 4.92. The zero-order valence-corrected chi connectivity index (χ0v) is 13.2. The maximum absolute atomic E-state index is 12.1. The van der Waals surface area contributed by atoms with Crippen LogP contribution in [0.5, 0.6) is 5.75 Å². The SMILES string of the molecule is CCNC(=O)NC(=O)C(C)OC(=O)c1cc(Cl)ccc1OC. The fourth-order valence-corrected chi connectivity index (χ4v) is 1.71. The summed E-state index contributed by atoms with van der Waals surface area (Å²) in [4.78, 5) is 35.0. The molecule has 0 aromatic heterocycles. The Morgan fingerprint density at radius 2 is 2.00 bits per heavy atom. The van der Waals surface area contributed by atoms with Gasteiger partial charge in [-0.05, 0) is 32.0 Å². The van der Waals surface area contributed by atoms with Crippen molar-refractivity contribution in [2.45, 2.75) is 20.0 Å². The lowest BCUT2D eigenvalue weighted by atomic mass is 10.2. The highest BCUT2D eigenvalue weighted by Crippen LogP contribution is 2.23. The van der Waals surface area contributed by atoms with Crippen LogP contribution in [0.4, 0.5) is 4.79 Å². The number of esters is 1. The van der Waals surface area contributed by atoms with E-state index in [0.29, 0.717) is 11.6 Å². The van der Waals surface area contributed by atoms with Crippen LogP contribution in [0.25, 0.3) is 0 Å². The fraction of sp³-hybridized carbons (Fsp3) is 0.357. The zero-order valence-electron chi connectivity index (χ0n) is 12.4. The Bertz CT molecular complexity index is 576. The monoisotopic (exact) mass is 328 g/mol. The van der Waals surface area contributed by atoms with E-state index in [9.17, 15) is 14.4 Å². The lowest BCUT2D eigenvalue weighted by molar-refractivity contribution is -0.127. The molecule has 0 aliphatic rings.